The van der Waals surface area contributed by atoms with Crippen molar-refractivity contribution in [2.75, 3.05) is 16.8 Å². The van der Waals surface area contributed by atoms with E-state index in [1.165, 1.54) is 6.07 Å². The van der Waals surface area contributed by atoms with Crippen LogP contribution in [0.1, 0.15) is 48.4 Å². The lowest BCUT2D eigenvalue weighted by atomic mass is 9.78. The highest BCUT2D eigenvalue weighted by Gasteiger charge is 2.50. The number of nitrogens with zero attached hydrogens (tertiary/aromatic N) is 1. The number of ketones is 1. The average Bonchev–Trinajstić information content (AvgIpc) is 3.19. The summed E-state index contributed by atoms with van der Waals surface area (Å²) < 4.78 is 54.9. The Hall–Kier alpha value is -4.76. The van der Waals surface area contributed by atoms with Crippen molar-refractivity contribution in [1.29, 1.82) is 0 Å². The number of allylic oxidation sites excluding steroid dienone is 1. The number of halogens is 4. The lowest BCUT2D eigenvalue weighted by Crippen LogP contribution is -2.45. The van der Waals surface area contributed by atoms with Crippen molar-refractivity contribution in [1.82, 2.24) is 0 Å². The quantitative estimate of drug-likeness (QED) is 0.217. The summed E-state index contributed by atoms with van der Waals surface area (Å²) in [6.07, 6.45) is -4.78. The Balaban J connectivity index is 1.49. The third-order valence-corrected chi connectivity index (χ3v) is 8.36. The highest BCUT2D eigenvalue weighted by Crippen LogP contribution is 2.49. The SMILES string of the molecule is CCOc1cc(C2C3=C(CC(c4ccccc4)CC3=O)Nc3ccccc3N2C(=O)C(F)(F)F)ccc1OCc1ccc(Cl)cc1. The van der Waals surface area contributed by atoms with Gasteiger partial charge in [-0.25, -0.2) is 0 Å². The zero-order chi connectivity index (χ0) is 32.4. The summed E-state index contributed by atoms with van der Waals surface area (Å²) in [5, 5.41) is 3.84. The molecular formula is C36H30ClF3N2O4. The molecule has 1 N–H and O–H groups in total. The number of amides is 1. The largest absolute Gasteiger partial charge is 0.490 e. The number of alkyl halides is 3. The summed E-state index contributed by atoms with van der Waals surface area (Å²) >= 11 is 6.00. The lowest BCUT2D eigenvalue weighted by molar-refractivity contribution is -0.170. The number of carbonyl (C=O) groups excluding carboxylic acids is 2. The standard InChI is InChI=1S/C36H30ClF3N2O4/c1-2-45-32-20-24(14-17-31(32)46-21-22-12-15-26(37)16-13-22)34-33-28(18-25(19-30(33)43)23-8-4-3-5-9-23)41-27-10-6-7-11-29(27)42(34)35(44)36(38,39)40/h3-17,20,25,34,41H,2,18-19,21H2,1H3. The van der Waals surface area contributed by atoms with Gasteiger partial charge in [-0.15, -0.1) is 0 Å². The Morgan fingerprint density at radius 2 is 1.61 bits per heavy atom. The summed E-state index contributed by atoms with van der Waals surface area (Å²) in [5.74, 6) is -2.00. The van der Waals surface area contributed by atoms with Crippen LogP contribution in [0.25, 0.3) is 0 Å². The number of fused-ring (bicyclic) bond motifs is 1. The Labute approximate surface area is 269 Å². The van der Waals surface area contributed by atoms with Crippen molar-refractivity contribution < 1.29 is 32.2 Å². The van der Waals surface area contributed by atoms with Gasteiger partial charge >= 0.3 is 12.1 Å². The van der Waals surface area contributed by atoms with E-state index in [-0.39, 0.29) is 53.9 Å². The second-order valence-corrected chi connectivity index (χ2v) is 11.5. The Bertz CT molecular complexity index is 1790. The van der Waals surface area contributed by atoms with E-state index in [4.69, 9.17) is 21.1 Å². The minimum absolute atomic E-state index is 0.00862. The van der Waals surface area contributed by atoms with Crippen LogP contribution in [0.4, 0.5) is 24.5 Å². The van der Waals surface area contributed by atoms with Gasteiger partial charge in [0.2, 0.25) is 0 Å². The Kier molecular flexibility index (Phi) is 8.77. The number of nitrogens with one attached hydrogen (secondary N) is 1. The van der Waals surface area contributed by atoms with Crippen molar-refractivity contribution in [3.05, 3.63) is 130 Å². The number of para-hydroxylation sites is 2. The number of hydrogen-bond acceptors (Lipinski definition) is 5. The molecule has 1 amide bonds. The molecule has 0 saturated heterocycles. The molecule has 0 aromatic heterocycles. The maximum atomic E-state index is 14.3. The molecule has 0 fully saturated rings. The summed E-state index contributed by atoms with van der Waals surface area (Å²) in [6.45, 7) is 2.20. The van der Waals surface area contributed by atoms with Gasteiger partial charge in [0.15, 0.2) is 17.3 Å². The van der Waals surface area contributed by atoms with Gasteiger partial charge in [-0.05, 0) is 72.4 Å². The van der Waals surface area contributed by atoms with Gasteiger partial charge in [-0.3, -0.25) is 14.5 Å². The van der Waals surface area contributed by atoms with Gasteiger partial charge in [-0.2, -0.15) is 13.2 Å². The van der Waals surface area contributed by atoms with E-state index in [1.54, 1.807) is 55.5 Å². The predicted octanol–water partition coefficient (Wildman–Crippen LogP) is 8.78. The van der Waals surface area contributed by atoms with Gasteiger partial charge in [0.1, 0.15) is 6.61 Å². The third kappa shape index (κ3) is 6.33. The van der Waals surface area contributed by atoms with E-state index in [0.717, 1.165) is 11.1 Å². The number of hydrogen-bond donors (Lipinski definition) is 1. The predicted molar refractivity (Wildman–Crippen MR) is 170 cm³/mol. The van der Waals surface area contributed by atoms with Gasteiger partial charge in [0, 0.05) is 22.7 Å². The van der Waals surface area contributed by atoms with Crippen LogP contribution in [-0.2, 0) is 16.2 Å². The molecular weight excluding hydrogens is 617 g/mol. The second-order valence-electron chi connectivity index (χ2n) is 11.1. The van der Waals surface area contributed by atoms with Crippen LogP contribution in [0.15, 0.2) is 108 Å². The van der Waals surface area contributed by atoms with Gasteiger partial charge in [0.25, 0.3) is 0 Å². The Morgan fingerprint density at radius 1 is 0.891 bits per heavy atom. The smallest absolute Gasteiger partial charge is 0.471 e. The molecule has 2 atom stereocenters. The van der Waals surface area contributed by atoms with E-state index in [0.29, 0.717) is 33.5 Å². The zero-order valence-corrected chi connectivity index (χ0v) is 25.6. The molecule has 2 aliphatic rings. The normalized spacial score (nSPS) is 17.8. The molecule has 4 aromatic rings. The molecule has 0 spiro atoms. The fraction of sp³-hybridized carbons (Fsp3) is 0.222. The topological polar surface area (TPSA) is 67.9 Å². The highest BCUT2D eigenvalue weighted by atomic mass is 35.5. The molecule has 46 heavy (non-hydrogen) atoms. The summed E-state index contributed by atoms with van der Waals surface area (Å²) in [7, 11) is 0. The monoisotopic (exact) mass is 646 g/mol. The first kappa shape index (κ1) is 31.2. The van der Waals surface area contributed by atoms with Gasteiger partial charge in [0.05, 0.1) is 24.0 Å². The van der Waals surface area contributed by atoms with Crippen molar-refractivity contribution in [3.8, 4) is 11.5 Å². The minimum Gasteiger partial charge on any atom is -0.490 e. The van der Waals surface area contributed by atoms with E-state index < -0.39 is 18.1 Å². The van der Waals surface area contributed by atoms with Gasteiger partial charge in [-0.1, -0.05) is 72.3 Å². The number of ether oxygens (including phenoxy) is 2. The van der Waals surface area contributed by atoms with Crippen LogP contribution in [0, 0.1) is 0 Å². The zero-order valence-electron chi connectivity index (χ0n) is 24.8. The fourth-order valence-corrected chi connectivity index (χ4v) is 6.18. The van der Waals surface area contributed by atoms with Crippen LogP contribution < -0.4 is 19.7 Å². The van der Waals surface area contributed by atoms with E-state index in [9.17, 15) is 22.8 Å². The number of rotatable bonds is 7. The minimum atomic E-state index is -5.22. The molecule has 1 heterocycles. The number of carbonyl (C=O) groups is 2. The van der Waals surface area contributed by atoms with Crippen LogP contribution in [-0.4, -0.2) is 24.5 Å². The van der Waals surface area contributed by atoms with E-state index in [2.05, 4.69) is 5.32 Å². The molecule has 1 aliphatic carbocycles. The summed E-state index contributed by atoms with van der Waals surface area (Å²) in [4.78, 5) is 28.1. The van der Waals surface area contributed by atoms with Crippen LogP contribution in [0.5, 0.6) is 11.5 Å². The molecule has 10 heteroatoms. The number of Topliss-reactive ketones (excluding diaryl/α,β-unsaturated/α-hetero) is 1. The van der Waals surface area contributed by atoms with E-state index >= 15 is 0 Å². The first-order valence-corrected chi connectivity index (χ1v) is 15.2. The fourth-order valence-electron chi connectivity index (χ4n) is 6.05. The summed E-state index contributed by atoms with van der Waals surface area (Å²) in [5.41, 5.74) is 2.96. The lowest BCUT2D eigenvalue weighted by Gasteiger charge is -2.35. The first-order chi connectivity index (χ1) is 22.1. The highest BCUT2D eigenvalue weighted by molar-refractivity contribution is 6.30. The van der Waals surface area contributed by atoms with Crippen LogP contribution >= 0.6 is 11.6 Å². The third-order valence-electron chi connectivity index (χ3n) is 8.11. The van der Waals surface area contributed by atoms with Crippen molar-refractivity contribution >= 4 is 34.7 Å². The summed E-state index contributed by atoms with van der Waals surface area (Å²) in [6, 6.07) is 26.3. The Morgan fingerprint density at radius 3 is 2.33 bits per heavy atom. The van der Waals surface area contributed by atoms with Gasteiger partial charge < -0.3 is 14.8 Å². The number of benzene rings is 4. The molecule has 0 bridgehead atoms. The maximum absolute atomic E-state index is 14.3. The van der Waals surface area contributed by atoms with Crippen LogP contribution in [0.3, 0.4) is 0 Å². The van der Waals surface area contributed by atoms with Crippen molar-refractivity contribution in [2.45, 2.75) is 44.5 Å². The molecule has 0 saturated carbocycles. The first-order valence-electron chi connectivity index (χ1n) is 14.9. The van der Waals surface area contributed by atoms with Crippen molar-refractivity contribution in [3.63, 3.8) is 0 Å². The molecule has 2 unspecified atom stereocenters. The average molecular weight is 647 g/mol. The maximum Gasteiger partial charge on any atom is 0.471 e. The second kappa shape index (κ2) is 12.9. The molecule has 236 valence electrons. The molecule has 1 aliphatic heterocycles. The molecule has 6 nitrogen and oxygen atoms in total. The van der Waals surface area contributed by atoms with E-state index in [1.807, 2.05) is 42.5 Å². The molecule has 6 rings (SSSR count). The van der Waals surface area contributed by atoms with Crippen molar-refractivity contribution in [2.24, 2.45) is 0 Å². The molecule has 0 radical (unpaired) electrons. The number of anilines is 2. The molecule has 4 aromatic carbocycles. The van der Waals surface area contributed by atoms with Crippen LogP contribution in [0.2, 0.25) is 5.02 Å².